The fourth-order valence-electron chi connectivity index (χ4n) is 4.73. The van der Waals surface area contributed by atoms with Gasteiger partial charge in [-0.3, -0.25) is 19.2 Å². The van der Waals surface area contributed by atoms with Crippen LogP contribution in [0.25, 0.3) is 0 Å². The molecule has 0 radical (unpaired) electrons. The fourth-order valence-corrected chi connectivity index (χ4v) is 5.82. The molecule has 198 valence electrons. The molecule has 2 heterocycles. The van der Waals surface area contributed by atoms with Crippen molar-refractivity contribution in [3.63, 3.8) is 0 Å². The Kier molecular flexibility index (Phi) is 8.18. The second kappa shape index (κ2) is 11.3. The molecule has 4 rings (SSSR count). The molecule has 1 aromatic carbocycles. The number of aromatic nitrogens is 1. The molecule has 0 unspecified atom stereocenters. The van der Waals surface area contributed by atoms with Crippen LogP contribution in [0.5, 0.6) is 0 Å². The van der Waals surface area contributed by atoms with Gasteiger partial charge in [0.1, 0.15) is 5.82 Å². The van der Waals surface area contributed by atoms with Crippen LogP contribution in [-0.4, -0.2) is 78.2 Å². The molecule has 0 spiro atoms. The summed E-state index contributed by atoms with van der Waals surface area (Å²) < 4.78 is 13.4. The number of benzene rings is 1. The molecule has 2 aliphatic rings. The van der Waals surface area contributed by atoms with Crippen molar-refractivity contribution in [2.24, 2.45) is 5.92 Å². The van der Waals surface area contributed by atoms with Crippen LogP contribution in [0.3, 0.4) is 0 Å². The quantitative estimate of drug-likeness (QED) is 0.502. The van der Waals surface area contributed by atoms with E-state index in [1.165, 1.54) is 34.4 Å². The van der Waals surface area contributed by atoms with Gasteiger partial charge in [0.05, 0.1) is 11.7 Å². The van der Waals surface area contributed by atoms with Crippen LogP contribution >= 0.6 is 11.3 Å². The number of likely N-dealkylation sites (N-methyl/N-ethyl adjacent to an activating group) is 1. The van der Waals surface area contributed by atoms with Gasteiger partial charge in [-0.2, -0.15) is 0 Å². The molecule has 0 bridgehead atoms. The number of carbonyl (C=O) groups is 4. The predicted molar refractivity (Wildman–Crippen MR) is 136 cm³/mol. The molecule has 12 heteroatoms. The molecule has 1 fully saturated rings. The Balaban J connectivity index is 1.46. The van der Waals surface area contributed by atoms with Crippen LogP contribution in [0.2, 0.25) is 0 Å². The van der Waals surface area contributed by atoms with E-state index in [1.807, 2.05) is 7.05 Å². The zero-order valence-corrected chi connectivity index (χ0v) is 21.9. The van der Waals surface area contributed by atoms with Crippen molar-refractivity contribution >= 4 is 40.7 Å². The van der Waals surface area contributed by atoms with Crippen LogP contribution in [0.1, 0.15) is 39.6 Å². The molecule has 1 saturated carbocycles. The van der Waals surface area contributed by atoms with Crippen LogP contribution in [0.4, 0.5) is 10.1 Å². The van der Waals surface area contributed by atoms with E-state index in [1.54, 1.807) is 14.1 Å². The van der Waals surface area contributed by atoms with Gasteiger partial charge in [-0.1, -0.05) is 6.07 Å². The highest BCUT2D eigenvalue weighted by atomic mass is 32.1. The number of amides is 4. The first kappa shape index (κ1) is 26.7. The summed E-state index contributed by atoms with van der Waals surface area (Å²) in [5.74, 6) is -3.14. The molecule has 4 amide bonds. The predicted octanol–water partition coefficient (Wildman–Crippen LogP) is 1.38. The van der Waals surface area contributed by atoms with E-state index in [-0.39, 0.29) is 23.4 Å². The van der Waals surface area contributed by atoms with Crippen molar-refractivity contribution in [1.82, 2.24) is 25.4 Å². The first-order valence-corrected chi connectivity index (χ1v) is 13.0. The number of anilines is 1. The Hall–Kier alpha value is -3.38. The van der Waals surface area contributed by atoms with E-state index < -0.39 is 29.7 Å². The largest absolute Gasteiger partial charge is 0.349 e. The molecule has 3 atom stereocenters. The molecular formula is C25H31FN6O4S. The Labute approximate surface area is 218 Å². The SMILES string of the molecule is CN1CCc2nc(C(=O)N[C@@H]3C[C@@H](C(=O)N(C)C)CC[C@@H]3NC(=O)C(=O)Nc3cccc(F)c3)sc2C1. The number of hydrogen-bond acceptors (Lipinski definition) is 7. The molecular weight excluding hydrogens is 499 g/mol. The van der Waals surface area contributed by atoms with Crippen molar-refractivity contribution in [3.05, 3.63) is 45.7 Å². The zero-order chi connectivity index (χ0) is 26.7. The van der Waals surface area contributed by atoms with Crippen LogP contribution < -0.4 is 16.0 Å². The monoisotopic (exact) mass is 530 g/mol. The fraction of sp³-hybridized carbons (Fsp3) is 0.480. The van der Waals surface area contributed by atoms with Crippen molar-refractivity contribution < 1.29 is 23.6 Å². The maximum Gasteiger partial charge on any atom is 0.313 e. The van der Waals surface area contributed by atoms with Gasteiger partial charge < -0.3 is 25.8 Å². The lowest BCUT2D eigenvalue weighted by atomic mass is 9.81. The number of thiazole rings is 1. The van der Waals surface area contributed by atoms with E-state index >= 15 is 0 Å². The standard InChI is InChI=1S/C25H31FN6O4S/c1-31(2)25(36)14-7-8-17(28-22(34)21(33)27-16-6-4-5-15(26)12-16)19(11-14)29-23(35)24-30-18-9-10-32(3)13-20(18)37-24/h4-6,12,14,17,19H,7-11,13H2,1-3H3,(H,27,33)(H,28,34)(H,29,35)/t14-,17-,19+/m0/s1. The van der Waals surface area contributed by atoms with Crippen LogP contribution in [0, 0.1) is 11.7 Å². The highest BCUT2D eigenvalue weighted by Gasteiger charge is 2.37. The van der Waals surface area contributed by atoms with Crippen molar-refractivity contribution in [3.8, 4) is 0 Å². The maximum absolute atomic E-state index is 13.4. The van der Waals surface area contributed by atoms with Gasteiger partial charge in [0.2, 0.25) is 5.91 Å². The molecule has 10 nitrogen and oxygen atoms in total. The summed E-state index contributed by atoms with van der Waals surface area (Å²) in [5, 5.41) is 8.37. The van der Waals surface area contributed by atoms with Gasteiger partial charge in [-0.15, -0.1) is 11.3 Å². The molecule has 2 aromatic rings. The summed E-state index contributed by atoms with van der Waals surface area (Å²) in [6.07, 6.45) is 1.98. The average Bonchev–Trinajstić information content (AvgIpc) is 3.28. The van der Waals surface area contributed by atoms with Crippen LogP contribution in [-0.2, 0) is 27.3 Å². The minimum Gasteiger partial charge on any atom is -0.349 e. The van der Waals surface area contributed by atoms with Gasteiger partial charge in [0, 0.05) is 56.1 Å². The van der Waals surface area contributed by atoms with Gasteiger partial charge in [0.25, 0.3) is 5.91 Å². The summed E-state index contributed by atoms with van der Waals surface area (Å²) in [6.45, 7) is 1.61. The average molecular weight is 531 g/mol. The number of rotatable bonds is 5. The lowest BCUT2D eigenvalue weighted by molar-refractivity contribution is -0.137. The Morgan fingerprint density at radius 3 is 2.62 bits per heavy atom. The summed E-state index contributed by atoms with van der Waals surface area (Å²) in [6, 6.07) is 4.09. The Morgan fingerprint density at radius 2 is 1.89 bits per heavy atom. The smallest absolute Gasteiger partial charge is 0.313 e. The van der Waals surface area contributed by atoms with E-state index in [0.29, 0.717) is 24.3 Å². The summed E-state index contributed by atoms with van der Waals surface area (Å²) in [7, 11) is 5.37. The Morgan fingerprint density at radius 1 is 1.11 bits per heavy atom. The third-order valence-corrected chi connectivity index (χ3v) is 7.76. The lowest BCUT2D eigenvalue weighted by Gasteiger charge is -2.37. The topological polar surface area (TPSA) is 124 Å². The molecule has 0 saturated heterocycles. The summed E-state index contributed by atoms with van der Waals surface area (Å²) in [5.41, 5.74) is 1.08. The Bertz CT molecular complexity index is 1200. The van der Waals surface area contributed by atoms with Gasteiger partial charge in [-0.25, -0.2) is 9.37 Å². The van der Waals surface area contributed by atoms with E-state index in [0.717, 1.165) is 36.1 Å². The number of halogens is 1. The third-order valence-electron chi connectivity index (χ3n) is 6.68. The normalized spacial score (nSPS) is 21.5. The second-order valence-corrected chi connectivity index (χ2v) is 10.8. The lowest BCUT2D eigenvalue weighted by Crippen LogP contribution is -2.57. The van der Waals surface area contributed by atoms with E-state index in [9.17, 15) is 23.6 Å². The van der Waals surface area contributed by atoms with Crippen LogP contribution in [0.15, 0.2) is 24.3 Å². The summed E-state index contributed by atoms with van der Waals surface area (Å²) >= 11 is 1.35. The minimum absolute atomic E-state index is 0.0550. The molecule has 3 N–H and O–H groups in total. The van der Waals surface area contributed by atoms with Gasteiger partial charge >= 0.3 is 11.8 Å². The minimum atomic E-state index is -0.945. The summed E-state index contributed by atoms with van der Waals surface area (Å²) in [4.78, 5) is 60.2. The highest BCUT2D eigenvalue weighted by molar-refractivity contribution is 7.13. The van der Waals surface area contributed by atoms with Crippen molar-refractivity contribution in [2.75, 3.05) is 33.0 Å². The number of carbonyl (C=O) groups excluding carboxylic acids is 4. The van der Waals surface area contributed by atoms with Crippen molar-refractivity contribution in [2.45, 2.75) is 44.3 Å². The number of nitrogens with zero attached hydrogens (tertiary/aromatic N) is 3. The zero-order valence-electron chi connectivity index (χ0n) is 21.0. The molecule has 1 aliphatic carbocycles. The number of fused-ring (bicyclic) bond motifs is 1. The first-order valence-electron chi connectivity index (χ1n) is 12.2. The highest BCUT2D eigenvalue weighted by Crippen LogP contribution is 2.28. The maximum atomic E-state index is 13.4. The van der Waals surface area contributed by atoms with E-state index in [4.69, 9.17) is 0 Å². The van der Waals surface area contributed by atoms with E-state index in [2.05, 4.69) is 25.8 Å². The van der Waals surface area contributed by atoms with Crippen molar-refractivity contribution in [1.29, 1.82) is 0 Å². The third kappa shape index (κ3) is 6.50. The van der Waals surface area contributed by atoms with Gasteiger partial charge in [-0.05, 0) is 44.5 Å². The molecule has 1 aliphatic heterocycles. The second-order valence-electron chi connectivity index (χ2n) is 9.74. The van der Waals surface area contributed by atoms with Gasteiger partial charge in [0.15, 0.2) is 5.01 Å². The molecule has 1 aromatic heterocycles. The number of nitrogens with one attached hydrogen (secondary N) is 3. The first-order chi connectivity index (χ1) is 17.6. The number of hydrogen-bond donors (Lipinski definition) is 3. The molecule has 37 heavy (non-hydrogen) atoms.